The Labute approximate surface area is 158 Å². The minimum absolute atomic E-state index is 0.272. The average Bonchev–Trinajstić information content (AvgIpc) is 3.11. The molecule has 0 radical (unpaired) electrons. The number of sulfonamides is 1. The molecule has 0 aliphatic carbocycles. The van der Waals surface area contributed by atoms with E-state index in [9.17, 15) is 13.2 Å². The first kappa shape index (κ1) is 19.1. The van der Waals surface area contributed by atoms with Crippen LogP contribution in [0.1, 0.15) is 30.9 Å². The van der Waals surface area contributed by atoms with Crippen molar-refractivity contribution in [1.29, 1.82) is 5.26 Å². The number of carbonyl (C=O) groups is 1. The monoisotopic (exact) mass is 387 g/mol. The highest BCUT2D eigenvalue weighted by molar-refractivity contribution is 7.88. The Morgan fingerprint density at radius 2 is 2.19 bits per heavy atom. The highest BCUT2D eigenvalue weighted by atomic mass is 32.2. The summed E-state index contributed by atoms with van der Waals surface area (Å²) in [6, 6.07) is 9.38. The Morgan fingerprint density at radius 1 is 1.37 bits per heavy atom. The molecule has 8 nitrogen and oxygen atoms in total. The van der Waals surface area contributed by atoms with Gasteiger partial charge in [0, 0.05) is 19.2 Å². The highest BCUT2D eigenvalue weighted by Crippen LogP contribution is 2.21. The molecule has 0 spiro atoms. The Balaban J connectivity index is 1.74. The van der Waals surface area contributed by atoms with E-state index in [4.69, 9.17) is 5.26 Å². The van der Waals surface area contributed by atoms with Gasteiger partial charge in [0.2, 0.25) is 15.9 Å². The van der Waals surface area contributed by atoms with Crippen molar-refractivity contribution in [3.05, 3.63) is 47.7 Å². The standard InChI is InChI=1S/C18H21N5O3S/c1-2-23-17(8-9-20-23)22-10-4-7-16(18(22)24)21-27(25,26)13-15-6-3-5-14(11-15)12-19/h3,5-6,8-9,11,16,21H,2,4,7,10,13H2,1H3. The van der Waals surface area contributed by atoms with Crippen molar-refractivity contribution in [1.82, 2.24) is 14.5 Å². The first-order valence-corrected chi connectivity index (χ1v) is 10.4. The van der Waals surface area contributed by atoms with Gasteiger partial charge in [-0.2, -0.15) is 10.4 Å². The van der Waals surface area contributed by atoms with Crippen molar-refractivity contribution >= 4 is 21.7 Å². The van der Waals surface area contributed by atoms with Gasteiger partial charge >= 0.3 is 0 Å². The number of nitrogens with zero attached hydrogens (tertiary/aromatic N) is 4. The van der Waals surface area contributed by atoms with Crippen LogP contribution in [0.3, 0.4) is 0 Å². The van der Waals surface area contributed by atoms with E-state index in [1.54, 1.807) is 40.0 Å². The number of hydrogen-bond acceptors (Lipinski definition) is 5. The van der Waals surface area contributed by atoms with E-state index in [0.717, 1.165) is 0 Å². The van der Waals surface area contributed by atoms with Gasteiger partial charge in [-0.1, -0.05) is 12.1 Å². The summed E-state index contributed by atoms with van der Waals surface area (Å²) in [6.45, 7) is 3.09. The third-order valence-corrected chi connectivity index (χ3v) is 5.80. The second kappa shape index (κ2) is 7.90. The molecule has 1 aromatic heterocycles. The maximum absolute atomic E-state index is 12.8. The molecule has 1 atom stereocenters. The van der Waals surface area contributed by atoms with Crippen molar-refractivity contribution in [2.75, 3.05) is 11.4 Å². The zero-order valence-corrected chi connectivity index (χ0v) is 15.8. The van der Waals surface area contributed by atoms with E-state index in [2.05, 4.69) is 9.82 Å². The van der Waals surface area contributed by atoms with E-state index in [0.29, 0.717) is 42.9 Å². The molecule has 1 N–H and O–H groups in total. The van der Waals surface area contributed by atoms with E-state index >= 15 is 0 Å². The summed E-state index contributed by atoms with van der Waals surface area (Å²) in [7, 11) is -3.73. The predicted molar refractivity (Wildman–Crippen MR) is 100 cm³/mol. The van der Waals surface area contributed by atoms with Crippen molar-refractivity contribution in [3.8, 4) is 6.07 Å². The van der Waals surface area contributed by atoms with Crippen molar-refractivity contribution in [2.24, 2.45) is 0 Å². The van der Waals surface area contributed by atoms with Crippen molar-refractivity contribution in [3.63, 3.8) is 0 Å². The van der Waals surface area contributed by atoms with Gasteiger partial charge in [-0.05, 0) is 37.5 Å². The lowest BCUT2D eigenvalue weighted by Crippen LogP contribution is -2.53. The average molecular weight is 387 g/mol. The Kier molecular flexibility index (Phi) is 5.58. The Bertz CT molecular complexity index is 977. The molecule has 1 aromatic carbocycles. The topological polar surface area (TPSA) is 108 Å². The molecule has 2 aromatic rings. The van der Waals surface area contributed by atoms with Crippen LogP contribution in [-0.2, 0) is 27.1 Å². The number of aromatic nitrogens is 2. The summed E-state index contributed by atoms with van der Waals surface area (Å²) in [5.41, 5.74) is 0.904. The van der Waals surface area contributed by atoms with E-state index in [-0.39, 0.29) is 11.7 Å². The van der Waals surface area contributed by atoms with E-state index in [1.807, 2.05) is 13.0 Å². The highest BCUT2D eigenvalue weighted by Gasteiger charge is 2.33. The fraction of sp³-hybridized carbons (Fsp3) is 0.389. The zero-order valence-electron chi connectivity index (χ0n) is 15.0. The van der Waals surface area contributed by atoms with Gasteiger partial charge in [0.15, 0.2) is 0 Å². The molecular weight excluding hydrogens is 366 g/mol. The number of piperidine rings is 1. The molecule has 1 aliphatic heterocycles. The van der Waals surface area contributed by atoms with Gasteiger partial charge in [0.1, 0.15) is 11.9 Å². The minimum atomic E-state index is -3.73. The van der Waals surface area contributed by atoms with Gasteiger partial charge in [-0.3, -0.25) is 9.69 Å². The molecule has 1 fully saturated rings. The number of hydrogen-bond donors (Lipinski definition) is 1. The Morgan fingerprint density at radius 3 is 2.93 bits per heavy atom. The molecular formula is C18H21N5O3S. The molecule has 2 heterocycles. The van der Waals surface area contributed by atoms with Crippen LogP contribution in [-0.4, -0.2) is 36.7 Å². The molecule has 1 unspecified atom stereocenters. The molecule has 9 heteroatoms. The quantitative estimate of drug-likeness (QED) is 0.806. The second-order valence-electron chi connectivity index (χ2n) is 6.38. The lowest BCUT2D eigenvalue weighted by Gasteiger charge is -2.32. The third kappa shape index (κ3) is 4.35. The summed E-state index contributed by atoms with van der Waals surface area (Å²) < 4.78 is 29.3. The summed E-state index contributed by atoms with van der Waals surface area (Å²) in [4.78, 5) is 14.4. The van der Waals surface area contributed by atoms with Gasteiger partial charge in [0.25, 0.3) is 0 Å². The minimum Gasteiger partial charge on any atom is -0.296 e. The first-order chi connectivity index (χ1) is 12.9. The van der Waals surface area contributed by atoms with Gasteiger partial charge < -0.3 is 0 Å². The molecule has 142 valence electrons. The summed E-state index contributed by atoms with van der Waals surface area (Å²) >= 11 is 0. The first-order valence-electron chi connectivity index (χ1n) is 8.75. The van der Waals surface area contributed by atoms with Crippen LogP contribution in [0.4, 0.5) is 5.82 Å². The molecule has 1 saturated heterocycles. The van der Waals surface area contributed by atoms with Gasteiger partial charge in [-0.15, -0.1) is 0 Å². The predicted octanol–water partition coefficient (Wildman–Crippen LogP) is 1.39. The summed E-state index contributed by atoms with van der Waals surface area (Å²) in [6.07, 6.45) is 2.77. The maximum atomic E-state index is 12.8. The van der Waals surface area contributed by atoms with E-state index < -0.39 is 16.1 Å². The Hall–Kier alpha value is -2.70. The number of rotatable bonds is 6. The van der Waals surface area contributed by atoms with Crippen LogP contribution in [0, 0.1) is 11.3 Å². The molecule has 0 bridgehead atoms. The van der Waals surface area contributed by atoms with Crippen molar-refractivity contribution in [2.45, 2.75) is 38.1 Å². The van der Waals surface area contributed by atoms with Crippen LogP contribution in [0.25, 0.3) is 0 Å². The number of aryl methyl sites for hydroxylation is 1. The maximum Gasteiger partial charge on any atom is 0.246 e. The molecule has 1 amide bonds. The zero-order chi connectivity index (χ0) is 19.4. The van der Waals surface area contributed by atoms with Gasteiger partial charge in [0.05, 0.1) is 23.6 Å². The molecule has 0 saturated carbocycles. The van der Waals surface area contributed by atoms with E-state index in [1.165, 1.54) is 6.07 Å². The number of nitriles is 1. The number of amides is 1. The number of nitrogens with one attached hydrogen (secondary N) is 1. The number of anilines is 1. The fourth-order valence-electron chi connectivity index (χ4n) is 3.22. The normalized spacial score (nSPS) is 17.7. The summed E-state index contributed by atoms with van der Waals surface area (Å²) in [5.74, 6) is 0.123. The molecule has 27 heavy (non-hydrogen) atoms. The van der Waals surface area contributed by atoms with Crippen LogP contribution in [0.15, 0.2) is 36.5 Å². The second-order valence-corrected chi connectivity index (χ2v) is 8.13. The van der Waals surface area contributed by atoms with Crippen LogP contribution in [0.2, 0.25) is 0 Å². The lowest BCUT2D eigenvalue weighted by molar-refractivity contribution is -0.121. The molecule has 1 aliphatic rings. The summed E-state index contributed by atoms with van der Waals surface area (Å²) in [5, 5.41) is 13.1. The molecule has 3 rings (SSSR count). The van der Waals surface area contributed by atoms with Crippen LogP contribution >= 0.6 is 0 Å². The van der Waals surface area contributed by atoms with Gasteiger partial charge in [-0.25, -0.2) is 17.8 Å². The SMILES string of the molecule is CCn1nccc1N1CCCC(NS(=O)(=O)Cc2cccc(C#N)c2)C1=O. The number of carbonyl (C=O) groups excluding carboxylic acids is 1. The smallest absolute Gasteiger partial charge is 0.246 e. The third-order valence-electron chi connectivity index (χ3n) is 4.44. The van der Waals surface area contributed by atoms with Crippen LogP contribution < -0.4 is 9.62 Å². The van der Waals surface area contributed by atoms with Crippen molar-refractivity contribution < 1.29 is 13.2 Å². The number of benzene rings is 1. The fourth-order valence-corrected chi connectivity index (χ4v) is 4.57. The largest absolute Gasteiger partial charge is 0.296 e. The lowest BCUT2D eigenvalue weighted by atomic mass is 10.1. The van der Waals surface area contributed by atoms with Crippen LogP contribution in [0.5, 0.6) is 0 Å².